The summed E-state index contributed by atoms with van der Waals surface area (Å²) in [5.41, 5.74) is -1.50. The van der Waals surface area contributed by atoms with E-state index >= 15 is 0 Å². The molecule has 0 aromatic heterocycles. The number of hydrogen-bond acceptors (Lipinski definition) is 3. The lowest BCUT2D eigenvalue weighted by Gasteiger charge is -2.42. The molecule has 0 radical (unpaired) electrons. The van der Waals surface area contributed by atoms with E-state index in [-0.39, 0.29) is 6.61 Å². The van der Waals surface area contributed by atoms with Crippen LogP contribution in [0, 0.1) is 10.8 Å². The first kappa shape index (κ1) is 12.4. The Labute approximate surface area is 78.2 Å². The molecule has 1 atom stereocenters. The molecule has 1 unspecified atom stereocenters. The zero-order chi connectivity index (χ0) is 10.9. The van der Waals surface area contributed by atoms with Crippen LogP contribution in [-0.4, -0.2) is 34.0 Å². The zero-order valence-electron chi connectivity index (χ0n) is 8.53. The Bertz CT molecular complexity index is 196. The Kier molecular flexibility index (Phi) is 3.47. The van der Waals surface area contributed by atoms with E-state index in [0.29, 0.717) is 0 Å². The summed E-state index contributed by atoms with van der Waals surface area (Å²) in [6, 6.07) is 0. The van der Waals surface area contributed by atoms with Gasteiger partial charge < -0.3 is 15.3 Å². The van der Waals surface area contributed by atoms with Gasteiger partial charge in [-0.05, 0) is 5.41 Å². The number of carboxylic acid groups (broad SMARTS) is 1. The highest BCUT2D eigenvalue weighted by Crippen LogP contribution is 2.40. The van der Waals surface area contributed by atoms with E-state index in [4.69, 9.17) is 10.2 Å². The average molecular weight is 190 g/mol. The van der Waals surface area contributed by atoms with E-state index in [1.165, 1.54) is 0 Å². The molecule has 4 heteroatoms. The summed E-state index contributed by atoms with van der Waals surface area (Å²) in [7, 11) is 0. The number of carbonyl (C=O) groups is 1. The van der Waals surface area contributed by atoms with Crippen molar-refractivity contribution in [2.24, 2.45) is 10.8 Å². The van der Waals surface area contributed by atoms with Crippen molar-refractivity contribution in [3.05, 3.63) is 0 Å². The van der Waals surface area contributed by atoms with E-state index < -0.39 is 22.9 Å². The van der Waals surface area contributed by atoms with Gasteiger partial charge in [-0.1, -0.05) is 27.7 Å². The van der Waals surface area contributed by atoms with Gasteiger partial charge in [0.25, 0.3) is 0 Å². The summed E-state index contributed by atoms with van der Waals surface area (Å²) in [5, 5.41) is 27.1. The van der Waals surface area contributed by atoms with Gasteiger partial charge in [-0.15, -0.1) is 0 Å². The highest BCUT2D eigenvalue weighted by molar-refractivity contribution is 5.73. The van der Waals surface area contributed by atoms with E-state index in [9.17, 15) is 9.90 Å². The zero-order valence-corrected chi connectivity index (χ0v) is 8.53. The standard InChI is InChI=1S/C9H18O4/c1-8(2,5-10)9(3,4)6(11)7(12)13/h6,10-11H,5H2,1-4H3,(H,12,13). The normalized spacial score (nSPS) is 15.5. The van der Waals surface area contributed by atoms with Gasteiger partial charge in [0.2, 0.25) is 0 Å². The molecule has 0 aliphatic rings. The molecule has 0 amide bonds. The second-order valence-corrected chi connectivity index (χ2v) is 4.50. The molecule has 0 saturated heterocycles. The number of aliphatic carboxylic acids is 1. The van der Waals surface area contributed by atoms with Crippen LogP contribution in [0.5, 0.6) is 0 Å². The predicted octanol–water partition coefficient (Wildman–Crippen LogP) is 0.477. The number of hydrogen-bond donors (Lipinski definition) is 3. The van der Waals surface area contributed by atoms with Crippen molar-refractivity contribution in [2.45, 2.75) is 33.8 Å². The van der Waals surface area contributed by atoms with Crippen LogP contribution in [0.3, 0.4) is 0 Å². The summed E-state index contributed by atoms with van der Waals surface area (Å²) in [6.45, 7) is 6.53. The number of rotatable bonds is 4. The fourth-order valence-electron chi connectivity index (χ4n) is 0.883. The van der Waals surface area contributed by atoms with Crippen LogP contribution in [0.1, 0.15) is 27.7 Å². The predicted molar refractivity (Wildman–Crippen MR) is 48.3 cm³/mol. The van der Waals surface area contributed by atoms with Crippen LogP contribution < -0.4 is 0 Å². The summed E-state index contributed by atoms with van der Waals surface area (Å²) in [5.74, 6) is -1.26. The fourth-order valence-corrected chi connectivity index (χ4v) is 0.883. The molecular formula is C9H18O4. The van der Waals surface area contributed by atoms with E-state index in [2.05, 4.69) is 0 Å². The molecule has 0 aromatic rings. The third-order valence-corrected chi connectivity index (χ3v) is 3.06. The van der Waals surface area contributed by atoms with Crippen molar-refractivity contribution in [2.75, 3.05) is 6.61 Å². The number of carboxylic acids is 1. The lowest BCUT2D eigenvalue weighted by Crippen LogP contribution is -2.48. The SMILES string of the molecule is CC(C)(CO)C(C)(C)C(O)C(=O)O. The van der Waals surface area contributed by atoms with Crippen molar-refractivity contribution < 1.29 is 20.1 Å². The molecule has 3 N–H and O–H groups in total. The van der Waals surface area contributed by atoms with Crippen LogP contribution in [0.25, 0.3) is 0 Å². The van der Waals surface area contributed by atoms with Gasteiger partial charge in [0.1, 0.15) is 0 Å². The minimum Gasteiger partial charge on any atom is -0.479 e. The third kappa shape index (κ3) is 2.19. The Morgan fingerprint density at radius 2 is 1.69 bits per heavy atom. The lowest BCUT2D eigenvalue weighted by molar-refractivity contribution is -0.160. The van der Waals surface area contributed by atoms with Gasteiger partial charge in [-0.2, -0.15) is 0 Å². The highest BCUT2D eigenvalue weighted by Gasteiger charge is 2.45. The first-order valence-corrected chi connectivity index (χ1v) is 4.18. The molecule has 4 nitrogen and oxygen atoms in total. The third-order valence-electron chi connectivity index (χ3n) is 3.06. The van der Waals surface area contributed by atoms with Gasteiger partial charge >= 0.3 is 5.97 Å². The van der Waals surface area contributed by atoms with E-state index in [0.717, 1.165) is 0 Å². The molecule has 13 heavy (non-hydrogen) atoms. The van der Waals surface area contributed by atoms with E-state index in [1.54, 1.807) is 27.7 Å². The van der Waals surface area contributed by atoms with Gasteiger partial charge in [0.05, 0.1) is 0 Å². The molecule has 0 aliphatic carbocycles. The fraction of sp³-hybridized carbons (Fsp3) is 0.889. The highest BCUT2D eigenvalue weighted by atomic mass is 16.4. The Balaban J connectivity index is 4.84. The molecule has 0 heterocycles. The Morgan fingerprint density at radius 1 is 1.31 bits per heavy atom. The minimum atomic E-state index is -1.46. The Hall–Kier alpha value is -0.610. The quantitative estimate of drug-likeness (QED) is 0.602. The van der Waals surface area contributed by atoms with Crippen molar-refractivity contribution in [3.8, 4) is 0 Å². The molecule has 78 valence electrons. The maximum absolute atomic E-state index is 10.6. The maximum Gasteiger partial charge on any atom is 0.333 e. The van der Waals surface area contributed by atoms with E-state index in [1.807, 2.05) is 0 Å². The van der Waals surface area contributed by atoms with Crippen molar-refractivity contribution in [1.29, 1.82) is 0 Å². The smallest absolute Gasteiger partial charge is 0.333 e. The Morgan fingerprint density at radius 3 is 1.92 bits per heavy atom. The molecule has 0 aliphatic heterocycles. The molecule has 0 saturated carbocycles. The van der Waals surface area contributed by atoms with Gasteiger partial charge in [-0.3, -0.25) is 0 Å². The van der Waals surface area contributed by atoms with Gasteiger partial charge in [0.15, 0.2) is 6.10 Å². The van der Waals surface area contributed by atoms with Crippen LogP contribution in [-0.2, 0) is 4.79 Å². The topological polar surface area (TPSA) is 77.8 Å². The van der Waals surface area contributed by atoms with Crippen LogP contribution in [0.2, 0.25) is 0 Å². The first-order chi connectivity index (χ1) is 5.66. The summed E-state index contributed by atoms with van der Waals surface area (Å²) in [4.78, 5) is 10.6. The second kappa shape index (κ2) is 3.64. The largest absolute Gasteiger partial charge is 0.479 e. The summed E-state index contributed by atoms with van der Waals surface area (Å²) < 4.78 is 0. The second-order valence-electron chi connectivity index (χ2n) is 4.50. The van der Waals surface area contributed by atoms with Crippen LogP contribution in [0.15, 0.2) is 0 Å². The number of aliphatic hydroxyl groups is 2. The maximum atomic E-state index is 10.6. The van der Waals surface area contributed by atoms with Crippen LogP contribution in [0.4, 0.5) is 0 Å². The van der Waals surface area contributed by atoms with Crippen molar-refractivity contribution in [3.63, 3.8) is 0 Å². The number of aliphatic hydroxyl groups excluding tert-OH is 2. The molecule has 0 fully saturated rings. The molecule has 0 rings (SSSR count). The lowest BCUT2D eigenvalue weighted by atomic mass is 9.65. The molecular weight excluding hydrogens is 172 g/mol. The van der Waals surface area contributed by atoms with Crippen molar-refractivity contribution >= 4 is 5.97 Å². The summed E-state index contributed by atoms with van der Waals surface area (Å²) >= 11 is 0. The summed E-state index contributed by atoms with van der Waals surface area (Å²) in [6.07, 6.45) is -1.46. The van der Waals surface area contributed by atoms with Gasteiger partial charge in [0, 0.05) is 12.0 Å². The average Bonchev–Trinajstić information content (AvgIpc) is 2.02. The molecule has 0 aromatic carbocycles. The van der Waals surface area contributed by atoms with Gasteiger partial charge in [-0.25, -0.2) is 4.79 Å². The monoisotopic (exact) mass is 190 g/mol. The first-order valence-electron chi connectivity index (χ1n) is 4.18. The molecule has 0 spiro atoms. The minimum absolute atomic E-state index is 0.162. The van der Waals surface area contributed by atoms with Crippen LogP contribution >= 0.6 is 0 Å². The van der Waals surface area contributed by atoms with Crippen molar-refractivity contribution in [1.82, 2.24) is 0 Å². The molecule has 0 bridgehead atoms.